The van der Waals surface area contributed by atoms with Crippen molar-refractivity contribution >= 4 is 5.78 Å². The zero-order chi connectivity index (χ0) is 8.27. The number of carbonyl (C=O) groups is 1. The quantitative estimate of drug-likeness (QED) is 0.820. The second kappa shape index (κ2) is 5.23. The van der Waals surface area contributed by atoms with Crippen molar-refractivity contribution in [3.8, 4) is 0 Å². The second-order valence-corrected chi connectivity index (χ2v) is 2.45. The van der Waals surface area contributed by atoms with Crippen LogP contribution in [0.15, 0.2) is 30.3 Å². The fourth-order valence-corrected chi connectivity index (χ4v) is 0.880. The van der Waals surface area contributed by atoms with E-state index in [1.54, 1.807) is 12.1 Å². The van der Waals surface area contributed by atoms with Gasteiger partial charge in [-0.05, 0) is 6.92 Å². The van der Waals surface area contributed by atoms with E-state index in [2.05, 4.69) is 0 Å². The first-order chi connectivity index (χ1) is 5.22. The van der Waals surface area contributed by atoms with Crippen molar-refractivity contribution in [3.05, 3.63) is 41.6 Å². The minimum Gasteiger partial charge on any atom is -0.665 e. The number of Topliss-reactive ketones (excluding diaryl/α,β-unsaturated/α-hetero) is 1. The Balaban J connectivity index is 0.00000121. The van der Waals surface area contributed by atoms with E-state index >= 15 is 0 Å². The largest absolute Gasteiger partial charge is 0.665 e. The molecule has 0 saturated carbocycles. The van der Waals surface area contributed by atoms with E-state index < -0.39 is 6.04 Å². The molecule has 0 heterocycles. The van der Waals surface area contributed by atoms with Crippen molar-refractivity contribution in [3.63, 3.8) is 0 Å². The molecule has 0 saturated heterocycles. The summed E-state index contributed by atoms with van der Waals surface area (Å²) in [6, 6.07) is 8.41. The number of nitrogens with one attached hydrogen (secondary N) is 1. The summed E-state index contributed by atoms with van der Waals surface area (Å²) in [5.74, 6) is -0.115. The molecule has 1 aromatic rings. The summed E-state index contributed by atoms with van der Waals surface area (Å²) >= 11 is 0. The van der Waals surface area contributed by atoms with E-state index in [9.17, 15) is 4.79 Å². The molecule has 64 valence electrons. The van der Waals surface area contributed by atoms with E-state index in [4.69, 9.17) is 5.73 Å². The third kappa shape index (κ3) is 2.88. The number of rotatable bonds is 2. The Morgan fingerprint density at radius 1 is 1.33 bits per heavy atom. The zero-order valence-electron chi connectivity index (χ0n) is 6.78. The summed E-state index contributed by atoms with van der Waals surface area (Å²) in [6.07, 6.45) is 0. The zero-order valence-corrected chi connectivity index (χ0v) is 9.71. The summed E-state index contributed by atoms with van der Waals surface area (Å²) < 4.78 is 0. The fourth-order valence-electron chi connectivity index (χ4n) is 0.880. The first-order valence-electron chi connectivity index (χ1n) is 3.48. The van der Waals surface area contributed by atoms with Crippen LogP contribution in [0.3, 0.4) is 0 Å². The van der Waals surface area contributed by atoms with Gasteiger partial charge < -0.3 is 10.5 Å². The van der Waals surface area contributed by atoms with Crippen LogP contribution in [0, 0.1) is 0 Å². The minimum absolute atomic E-state index is 0. The third-order valence-electron chi connectivity index (χ3n) is 1.54. The maximum atomic E-state index is 10.8. The van der Waals surface area contributed by atoms with Crippen LogP contribution in [0.1, 0.15) is 18.5 Å². The van der Waals surface area contributed by atoms with Gasteiger partial charge in [0.2, 0.25) is 0 Å². The first kappa shape index (κ1) is 11.5. The number of carbonyl (C=O) groups excluding carboxylic acids is 1. The topological polar surface area (TPSA) is 40.9 Å². The van der Waals surface area contributed by atoms with E-state index in [0.717, 1.165) is 5.56 Å². The molecule has 0 aliphatic rings. The van der Waals surface area contributed by atoms with Crippen LogP contribution in [0.2, 0.25) is 0 Å². The molecule has 1 aromatic carbocycles. The molecule has 0 aromatic heterocycles. The Kier molecular flexibility index (Phi) is 5.03. The molecule has 12 heavy (non-hydrogen) atoms. The fraction of sp³-hybridized carbons (Fsp3) is 0.222. The molecule has 0 aliphatic heterocycles. The standard InChI is InChI=1S/C9H10NO.W/c1-7(11)9(10)8-5-3-2-4-6-8;/h2-6,9-10H,1H3;/q-1;. The van der Waals surface area contributed by atoms with E-state index in [0.29, 0.717) is 0 Å². The molecule has 0 amide bonds. The van der Waals surface area contributed by atoms with Gasteiger partial charge in [-0.2, -0.15) is 0 Å². The molecule has 0 aliphatic carbocycles. The summed E-state index contributed by atoms with van der Waals surface area (Å²) in [4.78, 5) is 10.8. The van der Waals surface area contributed by atoms with Crippen molar-refractivity contribution in [2.45, 2.75) is 13.0 Å². The minimum atomic E-state index is -0.712. The van der Waals surface area contributed by atoms with Gasteiger partial charge in [-0.25, -0.2) is 0 Å². The maximum Gasteiger partial charge on any atom is 0.116 e. The number of hydrogen-bond donors (Lipinski definition) is 0. The predicted octanol–water partition coefficient (Wildman–Crippen LogP) is 2.37. The van der Waals surface area contributed by atoms with Crippen LogP contribution in [-0.4, -0.2) is 5.78 Å². The van der Waals surface area contributed by atoms with Gasteiger partial charge in [-0.3, -0.25) is 0 Å². The molecule has 1 atom stereocenters. The van der Waals surface area contributed by atoms with Crippen LogP contribution < -0.4 is 0 Å². The average Bonchev–Trinajstić information content (AvgIpc) is 2.05. The average molecular weight is 332 g/mol. The van der Waals surface area contributed by atoms with Gasteiger partial charge in [-0.15, -0.1) is 0 Å². The molecule has 3 heteroatoms. The normalized spacial score (nSPS) is 11.5. The van der Waals surface area contributed by atoms with Gasteiger partial charge in [-0.1, -0.05) is 41.9 Å². The smallest absolute Gasteiger partial charge is 0.116 e. The first-order valence-corrected chi connectivity index (χ1v) is 3.48. The number of hydrogen-bond acceptors (Lipinski definition) is 1. The van der Waals surface area contributed by atoms with Crippen LogP contribution >= 0.6 is 0 Å². The van der Waals surface area contributed by atoms with Crippen molar-refractivity contribution in [2.75, 3.05) is 0 Å². The number of ketones is 1. The molecule has 1 N–H and O–H groups in total. The Morgan fingerprint density at radius 3 is 2.25 bits per heavy atom. The van der Waals surface area contributed by atoms with Gasteiger partial charge in [0.1, 0.15) is 5.78 Å². The van der Waals surface area contributed by atoms with Crippen LogP contribution in [-0.2, 0) is 25.9 Å². The Labute approximate surface area is 86.4 Å². The molecule has 0 spiro atoms. The van der Waals surface area contributed by atoms with Gasteiger partial charge in [0.05, 0.1) is 0 Å². The van der Waals surface area contributed by atoms with Crippen molar-refractivity contribution in [1.29, 1.82) is 0 Å². The van der Waals surface area contributed by atoms with Crippen molar-refractivity contribution in [1.82, 2.24) is 0 Å². The van der Waals surface area contributed by atoms with Gasteiger partial charge in [0.25, 0.3) is 0 Å². The predicted molar refractivity (Wildman–Crippen MR) is 44.2 cm³/mol. The molecule has 2 nitrogen and oxygen atoms in total. The molecule has 1 rings (SSSR count). The Morgan fingerprint density at radius 2 is 1.83 bits per heavy atom. The molecule has 1 unspecified atom stereocenters. The Bertz CT molecular complexity index is 248. The Hall–Kier alpha value is -0.462. The SMILES string of the molecule is CC(=O)C([NH-])c1ccccc1.[W]. The summed E-state index contributed by atoms with van der Waals surface area (Å²) in [5, 5.41) is 0. The third-order valence-corrected chi connectivity index (χ3v) is 1.54. The van der Waals surface area contributed by atoms with Gasteiger partial charge in [0, 0.05) is 21.1 Å². The second-order valence-electron chi connectivity index (χ2n) is 2.45. The van der Waals surface area contributed by atoms with E-state index in [1.165, 1.54) is 6.92 Å². The van der Waals surface area contributed by atoms with Gasteiger partial charge >= 0.3 is 0 Å². The van der Waals surface area contributed by atoms with E-state index in [1.807, 2.05) is 18.2 Å². The maximum absolute atomic E-state index is 10.8. The molecule has 0 fully saturated rings. The van der Waals surface area contributed by atoms with Crippen LogP contribution in [0.25, 0.3) is 5.73 Å². The van der Waals surface area contributed by atoms with E-state index in [-0.39, 0.29) is 26.8 Å². The summed E-state index contributed by atoms with van der Waals surface area (Å²) in [7, 11) is 0. The molecular weight excluding hydrogens is 322 g/mol. The molecule has 0 bridgehead atoms. The number of benzene rings is 1. The van der Waals surface area contributed by atoms with Crippen molar-refractivity contribution < 1.29 is 25.9 Å². The summed E-state index contributed by atoms with van der Waals surface area (Å²) in [5.41, 5.74) is 8.18. The summed E-state index contributed by atoms with van der Waals surface area (Å²) in [6.45, 7) is 1.44. The molecule has 0 radical (unpaired) electrons. The monoisotopic (exact) mass is 332 g/mol. The van der Waals surface area contributed by atoms with Crippen LogP contribution in [0.4, 0.5) is 0 Å². The van der Waals surface area contributed by atoms with Gasteiger partial charge in [0.15, 0.2) is 0 Å². The van der Waals surface area contributed by atoms with Crippen LogP contribution in [0.5, 0.6) is 0 Å². The van der Waals surface area contributed by atoms with Crippen molar-refractivity contribution in [2.24, 2.45) is 0 Å². The molecular formula is C9H10NOW-.